The molecule has 128 valence electrons. The third kappa shape index (κ3) is 2.28. The van der Waals surface area contributed by atoms with Crippen LogP contribution in [0.3, 0.4) is 0 Å². The molecule has 0 heterocycles. The Bertz CT molecular complexity index is 698. The lowest BCUT2D eigenvalue weighted by Crippen LogP contribution is -2.38. The van der Waals surface area contributed by atoms with Crippen LogP contribution in [0.25, 0.3) is 5.57 Å². The summed E-state index contributed by atoms with van der Waals surface area (Å²) in [6.07, 6.45) is 11.2. The Kier molecular flexibility index (Phi) is 3.86. The number of fused-ring (bicyclic) bond motifs is 5. The molecule has 3 aliphatic carbocycles. The van der Waals surface area contributed by atoms with Gasteiger partial charge in [-0.3, -0.25) is 0 Å². The zero-order chi connectivity index (χ0) is 16.9. The van der Waals surface area contributed by atoms with Gasteiger partial charge in [0, 0.05) is 0 Å². The second kappa shape index (κ2) is 5.79. The fourth-order valence-electron chi connectivity index (χ4n) is 6.13. The lowest BCUT2D eigenvalue weighted by molar-refractivity contribution is 0.131. The van der Waals surface area contributed by atoms with Crippen LogP contribution >= 0.6 is 0 Å². The van der Waals surface area contributed by atoms with Crippen molar-refractivity contribution >= 4 is 5.57 Å². The Morgan fingerprint density at radius 2 is 2.12 bits per heavy atom. The number of phenols is 1. The van der Waals surface area contributed by atoms with Crippen LogP contribution in [0.5, 0.6) is 5.75 Å². The highest BCUT2D eigenvalue weighted by atomic mass is 16.3. The molecule has 1 fully saturated rings. The first-order valence-corrected chi connectivity index (χ1v) is 9.74. The molecular formula is C23H30O. The van der Waals surface area contributed by atoms with E-state index in [4.69, 9.17) is 0 Å². The van der Waals surface area contributed by atoms with E-state index < -0.39 is 0 Å². The number of aryl methyl sites for hydroxylation is 1. The molecule has 0 aliphatic heterocycles. The molecule has 1 saturated carbocycles. The highest BCUT2D eigenvalue weighted by Crippen LogP contribution is 2.62. The highest BCUT2D eigenvalue weighted by molar-refractivity contribution is 5.73. The van der Waals surface area contributed by atoms with E-state index in [0.29, 0.717) is 23.0 Å². The van der Waals surface area contributed by atoms with E-state index in [0.717, 1.165) is 12.3 Å². The van der Waals surface area contributed by atoms with Crippen molar-refractivity contribution in [2.75, 3.05) is 0 Å². The number of rotatable bonds is 3. The van der Waals surface area contributed by atoms with E-state index in [-0.39, 0.29) is 0 Å². The second-order valence-electron chi connectivity index (χ2n) is 8.50. The zero-order valence-corrected chi connectivity index (χ0v) is 15.1. The third-order valence-electron chi connectivity index (χ3n) is 7.24. The molecule has 0 bridgehead atoms. The summed E-state index contributed by atoms with van der Waals surface area (Å²) < 4.78 is 0. The molecule has 1 heteroatoms. The zero-order valence-electron chi connectivity index (χ0n) is 15.1. The Hall–Kier alpha value is -1.50. The maximum atomic E-state index is 9.79. The van der Waals surface area contributed by atoms with E-state index in [2.05, 4.69) is 32.6 Å². The summed E-state index contributed by atoms with van der Waals surface area (Å²) in [4.78, 5) is 0. The molecule has 0 radical (unpaired) electrons. The number of aromatic hydroxyl groups is 1. The first-order valence-electron chi connectivity index (χ1n) is 9.74. The standard InChI is InChI=1S/C23H30O/c1-4-5-15(2)21-10-11-22-20-8-6-16-14-17(24)7-9-18(16)19(20)12-13-23(21,22)3/h7,9,12,14,20-22,24H,2,4-6,8,10-11,13H2,1,3H3/t20?,21-,22?,23-/m1/s1. The number of hydrogen-bond acceptors (Lipinski definition) is 1. The van der Waals surface area contributed by atoms with E-state index in [9.17, 15) is 5.11 Å². The van der Waals surface area contributed by atoms with Crippen molar-refractivity contribution in [1.29, 1.82) is 0 Å². The van der Waals surface area contributed by atoms with Gasteiger partial charge in [-0.05, 0) is 90.5 Å². The Balaban J connectivity index is 1.69. The Labute approximate surface area is 146 Å². The van der Waals surface area contributed by atoms with Crippen molar-refractivity contribution in [2.24, 2.45) is 23.2 Å². The van der Waals surface area contributed by atoms with Gasteiger partial charge < -0.3 is 5.11 Å². The maximum Gasteiger partial charge on any atom is 0.115 e. The molecule has 1 aromatic rings. The molecule has 0 amide bonds. The van der Waals surface area contributed by atoms with E-state index in [1.807, 2.05) is 12.1 Å². The van der Waals surface area contributed by atoms with Gasteiger partial charge in [0.25, 0.3) is 0 Å². The van der Waals surface area contributed by atoms with Crippen molar-refractivity contribution in [2.45, 2.75) is 58.8 Å². The fourth-order valence-corrected chi connectivity index (χ4v) is 6.13. The van der Waals surface area contributed by atoms with Crippen LogP contribution in [-0.4, -0.2) is 5.11 Å². The van der Waals surface area contributed by atoms with Gasteiger partial charge in [-0.2, -0.15) is 0 Å². The SMILES string of the molecule is C=C(CCC)[C@H]1CCC2C3CCc4cc(O)ccc4C3=CC[C@@]21C. The molecule has 4 rings (SSSR count). The molecule has 3 aliphatic rings. The van der Waals surface area contributed by atoms with Gasteiger partial charge in [-0.15, -0.1) is 0 Å². The molecule has 0 aromatic heterocycles. The average molecular weight is 322 g/mol. The first kappa shape index (κ1) is 16.0. The van der Waals surface area contributed by atoms with Crippen LogP contribution in [0.1, 0.15) is 63.5 Å². The molecule has 0 spiro atoms. The van der Waals surface area contributed by atoms with Gasteiger partial charge in [0.05, 0.1) is 0 Å². The summed E-state index contributed by atoms with van der Waals surface area (Å²) in [5.41, 5.74) is 6.23. The predicted molar refractivity (Wildman–Crippen MR) is 101 cm³/mol. The Morgan fingerprint density at radius 1 is 1.29 bits per heavy atom. The Morgan fingerprint density at radius 3 is 2.92 bits per heavy atom. The summed E-state index contributed by atoms with van der Waals surface area (Å²) >= 11 is 0. The second-order valence-corrected chi connectivity index (χ2v) is 8.50. The number of benzene rings is 1. The summed E-state index contributed by atoms with van der Waals surface area (Å²) in [6.45, 7) is 9.27. The van der Waals surface area contributed by atoms with Gasteiger partial charge in [-0.1, -0.05) is 44.6 Å². The quantitative estimate of drug-likeness (QED) is 0.664. The van der Waals surface area contributed by atoms with Crippen molar-refractivity contribution in [3.63, 3.8) is 0 Å². The maximum absolute atomic E-state index is 9.79. The van der Waals surface area contributed by atoms with E-state index >= 15 is 0 Å². The van der Waals surface area contributed by atoms with Crippen molar-refractivity contribution in [3.05, 3.63) is 47.6 Å². The van der Waals surface area contributed by atoms with Crippen LogP contribution in [0.15, 0.2) is 36.4 Å². The smallest absolute Gasteiger partial charge is 0.115 e. The summed E-state index contributed by atoms with van der Waals surface area (Å²) in [6, 6.07) is 5.98. The average Bonchev–Trinajstić information content (AvgIpc) is 2.92. The molecule has 1 nitrogen and oxygen atoms in total. The van der Waals surface area contributed by atoms with Crippen LogP contribution in [-0.2, 0) is 6.42 Å². The third-order valence-corrected chi connectivity index (χ3v) is 7.24. The van der Waals surface area contributed by atoms with E-state index in [1.165, 1.54) is 55.2 Å². The lowest BCUT2D eigenvalue weighted by atomic mass is 9.57. The predicted octanol–water partition coefficient (Wildman–Crippen LogP) is 6.13. The normalized spacial score (nSPS) is 34.1. The molecule has 0 saturated heterocycles. The first-order chi connectivity index (χ1) is 11.5. The van der Waals surface area contributed by atoms with Crippen LogP contribution < -0.4 is 0 Å². The minimum atomic E-state index is 0.408. The summed E-state index contributed by atoms with van der Waals surface area (Å²) in [5.74, 6) is 2.63. The summed E-state index contributed by atoms with van der Waals surface area (Å²) in [7, 11) is 0. The van der Waals surface area contributed by atoms with Gasteiger partial charge >= 0.3 is 0 Å². The van der Waals surface area contributed by atoms with Crippen LogP contribution in [0, 0.1) is 23.2 Å². The van der Waals surface area contributed by atoms with Gasteiger partial charge in [0.15, 0.2) is 0 Å². The highest BCUT2D eigenvalue weighted by Gasteiger charge is 2.52. The molecule has 4 atom stereocenters. The molecule has 1 aromatic carbocycles. The lowest BCUT2D eigenvalue weighted by Gasteiger charge is -2.47. The van der Waals surface area contributed by atoms with Crippen molar-refractivity contribution in [3.8, 4) is 5.75 Å². The van der Waals surface area contributed by atoms with Crippen LogP contribution in [0.2, 0.25) is 0 Å². The van der Waals surface area contributed by atoms with Gasteiger partial charge in [0.2, 0.25) is 0 Å². The monoisotopic (exact) mass is 322 g/mol. The van der Waals surface area contributed by atoms with E-state index in [1.54, 1.807) is 5.57 Å². The minimum Gasteiger partial charge on any atom is -0.508 e. The number of hydrogen-bond donors (Lipinski definition) is 1. The van der Waals surface area contributed by atoms with Gasteiger partial charge in [0.1, 0.15) is 5.75 Å². The fraction of sp³-hybridized carbons (Fsp3) is 0.565. The largest absolute Gasteiger partial charge is 0.508 e. The topological polar surface area (TPSA) is 20.2 Å². The molecular weight excluding hydrogens is 292 g/mol. The van der Waals surface area contributed by atoms with Gasteiger partial charge in [-0.25, -0.2) is 0 Å². The minimum absolute atomic E-state index is 0.408. The molecule has 1 N–H and O–H groups in total. The molecule has 2 unspecified atom stereocenters. The number of allylic oxidation sites excluding steroid dienone is 3. The van der Waals surface area contributed by atoms with Crippen molar-refractivity contribution in [1.82, 2.24) is 0 Å². The summed E-state index contributed by atoms with van der Waals surface area (Å²) in [5, 5.41) is 9.79. The number of phenolic OH excluding ortho intramolecular Hbond substituents is 1. The van der Waals surface area contributed by atoms with Crippen molar-refractivity contribution < 1.29 is 5.11 Å². The molecule has 24 heavy (non-hydrogen) atoms. The van der Waals surface area contributed by atoms with Crippen LogP contribution in [0.4, 0.5) is 0 Å².